The summed E-state index contributed by atoms with van der Waals surface area (Å²) in [4.78, 5) is 1.18. The van der Waals surface area contributed by atoms with Crippen molar-refractivity contribution in [3.63, 3.8) is 0 Å². The molecule has 0 aliphatic heterocycles. The fourth-order valence-electron chi connectivity index (χ4n) is 1.64. The lowest BCUT2D eigenvalue weighted by atomic mass is 10.2. The topological polar surface area (TPSA) is 69.6 Å². The number of nitrogens with zero attached hydrogens (tertiary/aromatic N) is 4. The lowest BCUT2D eigenvalue weighted by molar-refractivity contribution is 0.564. The van der Waals surface area contributed by atoms with Crippen molar-refractivity contribution in [3.05, 3.63) is 29.6 Å². The van der Waals surface area contributed by atoms with Crippen LogP contribution in [-0.4, -0.2) is 20.2 Å². The Kier molecular flexibility index (Phi) is 4.19. The molecule has 0 aliphatic rings. The molecule has 0 radical (unpaired) electrons. The fraction of sp³-hybridized carbons (Fsp3) is 0.417. The maximum absolute atomic E-state index is 5.89. The first-order valence-corrected chi connectivity index (χ1v) is 6.94. The highest BCUT2D eigenvalue weighted by Crippen LogP contribution is 2.28. The van der Waals surface area contributed by atoms with Gasteiger partial charge in [-0.05, 0) is 41.5 Å². The standard InChI is InChI=1S/C12H17N5S/c1-3-7-17-12(14-15-16-17)8-18-11-6-4-5-10(13)9(11)2/h4-6H,3,7-8,13H2,1-2H3. The van der Waals surface area contributed by atoms with Gasteiger partial charge in [-0.15, -0.1) is 16.9 Å². The van der Waals surface area contributed by atoms with E-state index in [0.29, 0.717) is 0 Å². The molecular formula is C12H17N5S. The van der Waals surface area contributed by atoms with Gasteiger partial charge in [0.15, 0.2) is 5.82 Å². The molecule has 0 atom stereocenters. The summed E-state index contributed by atoms with van der Waals surface area (Å²) < 4.78 is 1.86. The van der Waals surface area contributed by atoms with Crippen molar-refractivity contribution >= 4 is 17.4 Å². The van der Waals surface area contributed by atoms with E-state index in [0.717, 1.165) is 35.8 Å². The SMILES string of the molecule is CCCn1nnnc1CSc1cccc(N)c1C. The van der Waals surface area contributed by atoms with Gasteiger partial charge in [0.25, 0.3) is 0 Å². The third-order valence-corrected chi connectivity index (χ3v) is 3.88. The summed E-state index contributed by atoms with van der Waals surface area (Å²) in [6.07, 6.45) is 1.03. The number of nitrogens with two attached hydrogens (primary N) is 1. The van der Waals surface area contributed by atoms with Gasteiger partial charge in [0.1, 0.15) is 0 Å². The number of benzene rings is 1. The molecule has 2 rings (SSSR count). The van der Waals surface area contributed by atoms with Crippen LogP contribution in [0.15, 0.2) is 23.1 Å². The number of thioether (sulfide) groups is 1. The highest BCUT2D eigenvalue weighted by atomic mass is 32.2. The lowest BCUT2D eigenvalue weighted by Gasteiger charge is -2.07. The van der Waals surface area contributed by atoms with Crippen LogP contribution in [0.5, 0.6) is 0 Å². The largest absolute Gasteiger partial charge is 0.398 e. The highest BCUT2D eigenvalue weighted by molar-refractivity contribution is 7.98. The molecule has 2 N–H and O–H groups in total. The van der Waals surface area contributed by atoms with Crippen LogP contribution >= 0.6 is 11.8 Å². The zero-order valence-corrected chi connectivity index (χ0v) is 11.4. The van der Waals surface area contributed by atoms with E-state index in [1.54, 1.807) is 11.8 Å². The molecule has 1 aromatic heterocycles. The van der Waals surface area contributed by atoms with Gasteiger partial charge in [-0.25, -0.2) is 4.68 Å². The number of aryl methyl sites for hydroxylation is 1. The van der Waals surface area contributed by atoms with E-state index in [1.807, 2.05) is 23.7 Å². The molecule has 6 heteroatoms. The third-order valence-electron chi connectivity index (χ3n) is 2.72. The first-order valence-electron chi connectivity index (χ1n) is 5.95. The van der Waals surface area contributed by atoms with Crippen LogP contribution < -0.4 is 5.73 Å². The number of hydrogen-bond donors (Lipinski definition) is 1. The molecule has 0 aliphatic carbocycles. The zero-order valence-electron chi connectivity index (χ0n) is 10.6. The Hall–Kier alpha value is -1.56. The minimum atomic E-state index is 0.761. The molecule has 1 heterocycles. The quantitative estimate of drug-likeness (QED) is 0.662. The van der Waals surface area contributed by atoms with Crippen molar-refractivity contribution < 1.29 is 0 Å². The number of nitrogen functional groups attached to an aromatic ring is 1. The number of hydrogen-bond acceptors (Lipinski definition) is 5. The van der Waals surface area contributed by atoms with Gasteiger partial charge in [-0.2, -0.15) is 0 Å². The molecule has 0 saturated heterocycles. The van der Waals surface area contributed by atoms with Crippen LogP contribution in [0, 0.1) is 6.92 Å². The van der Waals surface area contributed by atoms with Gasteiger partial charge in [-0.3, -0.25) is 0 Å². The molecule has 18 heavy (non-hydrogen) atoms. The van der Waals surface area contributed by atoms with E-state index in [1.165, 1.54) is 4.90 Å². The number of aromatic nitrogens is 4. The van der Waals surface area contributed by atoms with E-state index in [9.17, 15) is 0 Å². The van der Waals surface area contributed by atoms with E-state index in [2.05, 4.69) is 28.5 Å². The Balaban J connectivity index is 2.07. The summed E-state index contributed by atoms with van der Waals surface area (Å²) in [6, 6.07) is 5.96. The summed E-state index contributed by atoms with van der Waals surface area (Å²) in [6.45, 7) is 5.01. The van der Waals surface area contributed by atoms with Crippen molar-refractivity contribution in [3.8, 4) is 0 Å². The summed E-state index contributed by atoms with van der Waals surface area (Å²) in [5.74, 6) is 1.67. The van der Waals surface area contributed by atoms with Gasteiger partial charge in [-0.1, -0.05) is 13.0 Å². The van der Waals surface area contributed by atoms with Gasteiger partial charge in [0, 0.05) is 17.1 Å². The number of anilines is 1. The number of tetrazole rings is 1. The smallest absolute Gasteiger partial charge is 0.161 e. The van der Waals surface area contributed by atoms with Crippen LogP contribution in [-0.2, 0) is 12.3 Å². The van der Waals surface area contributed by atoms with E-state index in [4.69, 9.17) is 5.73 Å². The van der Waals surface area contributed by atoms with Crippen molar-refractivity contribution in [2.75, 3.05) is 5.73 Å². The van der Waals surface area contributed by atoms with Crippen molar-refractivity contribution in [1.29, 1.82) is 0 Å². The molecule has 0 amide bonds. The van der Waals surface area contributed by atoms with Gasteiger partial charge in [0.05, 0.1) is 5.75 Å². The van der Waals surface area contributed by atoms with E-state index >= 15 is 0 Å². The van der Waals surface area contributed by atoms with Gasteiger partial charge >= 0.3 is 0 Å². The Labute approximate surface area is 111 Å². The molecular weight excluding hydrogens is 246 g/mol. The molecule has 5 nitrogen and oxygen atoms in total. The van der Waals surface area contributed by atoms with Crippen molar-refractivity contribution in [2.45, 2.75) is 37.5 Å². The second kappa shape index (κ2) is 5.86. The molecule has 0 fully saturated rings. The molecule has 0 spiro atoms. The van der Waals surface area contributed by atoms with Gasteiger partial charge in [0.2, 0.25) is 0 Å². The highest BCUT2D eigenvalue weighted by Gasteiger charge is 2.08. The predicted molar refractivity (Wildman–Crippen MR) is 73.3 cm³/mol. The Bertz CT molecular complexity index is 523. The normalized spacial score (nSPS) is 10.8. The van der Waals surface area contributed by atoms with Crippen LogP contribution in [0.4, 0.5) is 5.69 Å². The fourth-order valence-corrected chi connectivity index (χ4v) is 2.64. The molecule has 1 aromatic carbocycles. The van der Waals surface area contributed by atoms with Crippen LogP contribution in [0.2, 0.25) is 0 Å². The second-order valence-electron chi connectivity index (χ2n) is 4.08. The average molecular weight is 263 g/mol. The van der Waals surface area contributed by atoms with Crippen LogP contribution in [0.1, 0.15) is 24.7 Å². The van der Waals surface area contributed by atoms with Crippen LogP contribution in [0.25, 0.3) is 0 Å². The first kappa shape index (κ1) is 12.9. The lowest BCUT2D eigenvalue weighted by Crippen LogP contribution is -2.04. The molecule has 0 bridgehead atoms. The third kappa shape index (κ3) is 2.81. The summed E-state index contributed by atoms with van der Waals surface area (Å²) in [7, 11) is 0. The van der Waals surface area contributed by atoms with Crippen molar-refractivity contribution in [1.82, 2.24) is 20.2 Å². The molecule has 0 saturated carbocycles. The Morgan fingerprint density at radius 1 is 1.39 bits per heavy atom. The first-order chi connectivity index (χ1) is 8.72. The van der Waals surface area contributed by atoms with Crippen LogP contribution in [0.3, 0.4) is 0 Å². The average Bonchev–Trinajstić information content (AvgIpc) is 2.79. The summed E-state index contributed by atoms with van der Waals surface area (Å²) in [5.41, 5.74) is 7.84. The van der Waals surface area contributed by atoms with E-state index < -0.39 is 0 Å². The zero-order chi connectivity index (χ0) is 13.0. The number of rotatable bonds is 5. The van der Waals surface area contributed by atoms with Gasteiger partial charge < -0.3 is 5.73 Å². The molecule has 96 valence electrons. The maximum Gasteiger partial charge on any atom is 0.161 e. The monoisotopic (exact) mass is 263 g/mol. The Morgan fingerprint density at radius 2 is 2.22 bits per heavy atom. The summed E-state index contributed by atoms with van der Waals surface area (Å²) in [5, 5.41) is 11.7. The Morgan fingerprint density at radius 3 is 3.00 bits per heavy atom. The minimum absolute atomic E-state index is 0.761. The van der Waals surface area contributed by atoms with E-state index in [-0.39, 0.29) is 0 Å². The maximum atomic E-state index is 5.89. The summed E-state index contributed by atoms with van der Waals surface area (Å²) >= 11 is 1.72. The van der Waals surface area contributed by atoms with Crippen molar-refractivity contribution in [2.24, 2.45) is 0 Å². The molecule has 2 aromatic rings. The predicted octanol–water partition coefficient (Wildman–Crippen LogP) is 2.27. The second-order valence-corrected chi connectivity index (χ2v) is 5.09. The minimum Gasteiger partial charge on any atom is -0.398 e. The molecule has 0 unspecified atom stereocenters.